The topological polar surface area (TPSA) is 33.5 Å². The fourth-order valence-corrected chi connectivity index (χ4v) is 7.40. The predicted octanol–water partition coefficient (Wildman–Crippen LogP) is 12.1. The van der Waals surface area contributed by atoms with E-state index in [9.17, 15) is 0 Å². The van der Waals surface area contributed by atoms with E-state index in [4.69, 9.17) is 9.72 Å². The van der Waals surface area contributed by atoms with Gasteiger partial charge in [0.05, 0.1) is 29.1 Å². The van der Waals surface area contributed by atoms with E-state index in [-0.39, 0.29) is 5.41 Å². The summed E-state index contributed by atoms with van der Waals surface area (Å²) in [7, 11) is 0. The molecule has 0 fully saturated rings. The molecule has 0 amide bonds. The number of fused-ring (bicyclic) bond motifs is 4. The average molecular weight is 677 g/mol. The van der Waals surface area contributed by atoms with E-state index in [1.165, 1.54) is 27.9 Å². The van der Waals surface area contributed by atoms with Crippen LogP contribution in [0.3, 0.4) is 0 Å². The van der Waals surface area contributed by atoms with E-state index >= 15 is 0 Å². The Bertz CT molecular complexity index is 2530. The molecule has 254 valence electrons. The maximum absolute atomic E-state index is 6.84. The maximum atomic E-state index is 6.84. The van der Waals surface area contributed by atoms with Crippen molar-refractivity contribution < 1.29 is 4.74 Å². The van der Waals surface area contributed by atoms with Crippen LogP contribution in [0.5, 0.6) is 11.5 Å². The van der Waals surface area contributed by atoms with Crippen LogP contribution in [0.2, 0.25) is 0 Å². The molecule has 0 unspecified atom stereocenters. The monoisotopic (exact) mass is 676 g/mol. The van der Waals surface area contributed by atoms with Crippen molar-refractivity contribution in [2.75, 3.05) is 16.5 Å². The number of pyridine rings is 1. The van der Waals surface area contributed by atoms with Gasteiger partial charge in [-0.2, -0.15) is 0 Å². The molecule has 0 atom stereocenters. The van der Waals surface area contributed by atoms with Crippen molar-refractivity contribution in [2.24, 2.45) is 0 Å². The molecular weight excluding hydrogens is 637 g/mol. The van der Waals surface area contributed by atoms with Crippen molar-refractivity contribution in [3.05, 3.63) is 175 Å². The van der Waals surface area contributed by atoms with Gasteiger partial charge in [0.1, 0.15) is 17.3 Å². The van der Waals surface area contributed by atoms with Crippen LogP contribution in [-0.4, -0.2) is 16.2 Å². The summed E-state index contributed by atoms with van der Waals surface area (Å²) < 4.78 is 9.08. The molecule has 0 aliphatic carbocycles. The smallest absolute Gasteiger partial charge is 0.137 e. The van der Waals surface area contributed by atoms with Crippen LogP contribution < -0.4 is 14.5 Å². The number of hydrogen-bond acceptors (Lipinski definition) is 4. The zero-order valence-electron chi connectivity index (χ0n) is 29.7. The third-order valence-electron chi connectivity index (χ3n) is 10.1. The highest BCUT2D eigenvalue weighted by molar-refractivity contribution is 6.09. The largest absolute Gasteiger partial charge is 0.457 e. The number of hydrogen-bond donors (Lipinski definition) is 0. The molecule has 2 aromatic heterocycles. The number of aromatic nitrogens is 2. The van der Waals surface area contributed by atoms with Gasteiger partial charge in [0.15, 0.2) is 0 Å². The number of rotatable bonds is 7. The first kappa shape index (κ1) is 31.6. The molecule has 0 radical (unpaired) electrons. The average Bonchev–Trinajstić information content (AvgIpc) is 3.70. The molecular formula is C47H40N4O. The van der Waals surface area contributed by atoms with E-state index in [1.807, 2.05) is 6.20 Å². The third-order valence-corrected chi connectivity index (χ3v) is 10.1. The maximum Gasteiger partial charge on any atom is 0.137 e. The second-order valence-electron chi connectivity index (χ2n) is 14.6. The van der Waals surface area contributed by atoms with E-state index in [2.05, 4.69) is 193 Å². The second kappa shape index (κ2) is 12.8. The number of benzene rings is 6. The van der Waals surface area contributed by atoms with Crippen LogP contribution in [0.4, 0.5) is 17.1 Å². The third kappa shape index (κ3) is 5.84. The molecule has 1 aliphatic rings. The lowest BCUT2D eigenvalue weighted by Gasteiger charge is -2.23. The highest BCUT2D eigenvalue weighted by Crippen LogP contribution is 2.44. The number of nitrogens with zero attached hydrogens (tertiary/aromatic N) is 4. The summed E-state index contributed by atoms with van der Waals surface area (Å²) in [6.07, 6.45) is 2.00. The number of anilines is 3. The van der Waals surface area contributed by atoms with Gasteiger partial charge in [0.25, 0.3) is 0 Å². The van der Waals surface area contributed by atoms with E-state index < -0.39 is 0 Å². The summed E-state index contributed by atoms with van der Waals surface area (Å²) in [5.41, 5.74) is 10.4. The minimum absolute atomic E-state index is 0.0256. The molecule has 1 aliphatic heterocycles. The van der Waals surface area contributed by atoms with Crippen molar-refractivity contribution in [3.8, 4) is 28.4 Å². The molecule has 0 saturated heterocycles. The molecule has 8 aromatic rings. The van der Waals surface area contributed by atoms with E-state index in [0.717, 1.165) is 63.8 Å². The van der Waals surface area contributed by atoms with Crippen molar-refractivity contribution in [2.45, 2.75) is 32.7 Å². The lowest BCUT2D eigenvalue weighted by molar-refractivity contribution is 0.483. The minimum atomic E-state index is 0.0256. The van der Waals surface area contributed by atoms with Crippen LogP contribution in [0.25, 0.3) is 38.8 Å². The molecule has 3 heterocycles. The van der Waals surface area contributed by atoms with Gasteiger partial charge in [-0.25, -0.2) is 4.98 Å². The molecule has 5 nitrogen and oxygen atoms in total. The molecule has 52 heavy (non-hydrogen) atoms. The predicted molar refractivity (Wildman–Crippen MR) is 215 cm³/mol. The first-order valence-electron chi connectivity index (χ1n) is 17.9. The van der Waals surface area contributed by atoms with Crippen molar-refractivity contribution in [3.63, 3.8) is 0 Å². The molecule has 6 aromatic carbocycles. The normalized spacial score (nSPS) is 12.8. The minimum Gasteiger partial charge on any atom is -0.457 e. The van der Waals surface area contributed by atoms with Crippen LogP contribution >= 0.6 is 0 Å². The Kier molecular flexibility index (Phi) is 7.77. The molecule has 0 saturated carbocycles. The summed E-state index contributed by atoms with van der Waals surface area (Å²) in [4.78, 5) is 9.80. The molecule has 0 N–H and O–H groups in total. The van der Waals surface area contributed by atoms with Gasteiger partial charge in [0.2, 0.25) is 0 Å². The quantitative estimate of drug-likeness (QED) is 0.168. The van der Waals surface area contributed by atoms with E-state index in [0.29, 0.717) is 0 Å². The Morgan fingerprint density at radius 2 is 1.31 bits per heavy atom. The highest BCUT2D eigenvalue weighted by Gasteiger charge is 2.27. The van der Waals surface area contributed by atoms with Crippen LogP contribution in [0.1, 0.15) is 31.9 Å². The lowest BCUT2D eigenvalue weighted by atomic mass is 9.88. The Morgan fingerprint density at radius 3 is 2.08 bits per heavy atom. The van der Waals surface area contributed by atoms with Gasteiger partial charge in [-0.1, -0.05) is 118 Å². The Labute approximate surface area is 305 Å². The van der Waals surface area contributed by atoms with Crippen LogP contribution in [0, 0.1) is 0 Å². The first-order chi connectivity index (χ1) is 25.4. The zero-order chi connectivity index (χ0) is 35.2. The van der Waals surface area contributed by atoms with Crippen LogP contribution in [0.15, 0.2) is 164 Å². The summed E-state index contributed by atoms with van der Waals surface area (Å²) in [5.74, 6) is 2.44. The summed E-state index contributed by atoms with van der Waals surface area (Å²) in [6.45, 7) is 8.22. The van der Waals surface area contributed by atoms with Gasteiger partial charge >= 0.3 is 0 Å². The molecule has 9 rings (SSSR count). The number of ether oxygens (including phenoxy) is 1. The zero-order valence-corrected chi connectivity index (χ0v) is 29.7. The lowest BCUT2D eigenvalue weighted by Crippen LogP contribution is -2.27. The van der Waals surface area contributed by atoms with E-state index in [1.54, 1.807) is 0 Å². The van der Waals surface area contributed by atoms with Gasteiger partial charge < -0.3 is 14.5 Å². The van der Waals surface area contributed by atoms with Gasteiger partial charge in [-0.3, -0.25) is 4.57 Å². The molecule has 5 heteroatoms. The summed E-state index contributed by atoms with van der Waals surface area (Å²) in [5, 5.41) is 2.35. The fourth-order valence-electron chi connectivity index (χ4n) is 7.40. The first-order valence-corrected chi connectivity index (χ1v) is 17.9. The fraction of sp³-hybridized carbons (Fsp3) is 0.128. The highest BCUT2D eigenvalue weighted by atomic mass is 16.5. The second-order valence-corrected chi connectivity index (χ2v) is 14.6. The van der Waals surface area contributed by atoms with Crippen molar-refractivity contribution in [1.82, 2.24) is 9.55 Å². The Morgan fingerprint density at radius 1 is 0.596 bits per heavy atom. The molecule has 0 spiro atoms. The van der Waals surface area contributed by atoms with Crippen molar-refractivity contribution >= 4 is 38.9 Å². The van der Waals surface area contributed by atoms with Gasteiger partial charge in [0, 0.05) is 41.3 Å². The summed E-state index contributed by atoms with van der Waals surface area (Å²) in [6, 6.07) is 55.8. The Hall–Kier alpha value is -6.33. The van der Waals surface area contributed by atoms with Gasteiger partial charge in [-0.15, -0.1) is 0 Å². The standard InChI is InChI=1S/C47H40N4O/c1-47(2,3)36-22-25-46(48-30-36)51-42-19-11-10-18-40(42)41-24-23-38(29-45(41)51)52-39-27-35(34-16-8-5-9-17-34)26-37(28-39)50-32-49(31-33-14-6-4-7-15-33)43-20-12-13-21-44(43)50/h4-30H,31-32H2,1-3H3. The van der Waals surface area contributed by atoms with Crippen molar-refractivity contribution in [1.29, 1.82) is 0 Å². The van der Waals surface area contributed by atoms with Crippen LogP contribution in [-0.2, 0) is 12.0 Å². The number of para-hydroxylation sites is 3. The SMILES string of the molecule is CC(C)(C)c1ccc(-n2c3ccccc3c3ccc(Oc4cc(-c5ccccc5)cc(N5CN(Cc6ccccc6)c6ccccc65)c4)cc32)nc1. The molecule has 0 bridgehead atoms. The van der Waals surface area contributed by atoms with Gasteiger partial charge in [-0.05, 0) is 76.2 Å². The summed E-state index contributed by atoms with van der Waals surface area (Å²) >= 11 is 0. The Balaban J connectivity index is 1.13.